The van der Waals surface area contributed by atoms with Crippen LogP contribution in [0.25, 0.3) is 0 Å². The quantitative estimate of drug-likeness (QED) is 0.112. The van der Waals surface area contributed by atoms with E-state index in [4.69, 9.17) is 4.74 Å². The third-order valence-corrected chi connectivity index (χ3v) is 9.36. The summed E-state index contributed by atoms with van der Waals surface area (Å²) in [6.45, 7) is 0. The summed E-state index contributed by atoms with van der Waals surface area (Å²) in [4.78, 5) is 15.3. The lowest BCUT2D eigenvalue weighted by Gasteiger charge is -2.48. The van der Waals surface area contributed by atoms with Gasteiger partial charge in [-0.3, -0.25) is 4.79 Å². The molecule has 0 spiro atoms. The first-order valence-electron chi connectivity index (χ1n) is 16.4. The standard InChI is InChI=1S/C43H35F2NO3/c44-35-20-16-30(17-21-35)40(47)29-28-39-41(46(42(39)48)37-24-22-36(45)23-25-37)31-18-26-38(27-19-31)49-43(32-10-4-1-5-11-32,33-12-6-2-7-13-33)34-14-8-3-9-15-34/h1-27,39-41,47H,28-29H2/t39?,40-,41+/m0/s1. The molecule has 1 aliphatic rings. The van der Waals surface area contributed by atoms with E-state index in [9.17, 15) is 18.7 Å². The number of rotatable bonds is 11. The Kier molecular flexibility index (Phi) is 9.05. The predicted molar refractivity (Wildman–Crippen MR) is 187 cm³/mol. The molecule has 6 aromatic carbocycles. The molecule has 6 heteroatoms. The first kappa shape index (κ1) is 32.0. The number of benzene rings is 6. The minimum Gasteiger partial charge on any atom is -0.473 e. The van der Waals surface area contributed by atoms with Crippen molar-refractivity contribution in [3.63, 3.8) is 0 Å². The van der Waals surface area contributed by atoms with Gasteiger partial charge in [-0.2, -0.15) is 0 Å². The van der Waals surface area contributed by atoms with Crippen LogP contribution in [0.15, 0.2) is 164 Å². The Bertz CT molecular complexity index is 1890. The molecule has 244 valence electrons. The fourth-order valence-corrected chi connectivity index (χ4v) is 6.90. The fraction of sp³-hybridized carbons (Fsp3) is 0.140. The molecule has 0 saturated carbocycles. The highest BCUT2D eigenvalue weighted by molar-refractivity contribution is 6.03. The second kappa shape index (κ2) is 13.9. The van der Waals surface area contributed by atoms with E-state index in [1.165, 1.54) is 24.3 Å². The van der Waals surface area contributed by atoms with Crippen LogP contribution in [0.3, 0.4) is 0 Å². The molecule has 49 heavy (non-hydrogen) atoms. The molecule has 7 rings (SSSR count). The van der Waals surface area contributed by atoms with Crippen molar-refractivity contribution in [3.05, 3.63) is 203 Å². The highest BCUT2D eigenvalue weighted by Crippen LogP contribution is 2.47. The van der Waals surface area contributed by atoms with Gasteiger partial charge in [0.25, 0.3) is 0 Å². The lowest BCUT2D eigenvalue weighted by atomic mass is 9.78. The Morgan fingerprint density at radius 1 is 0.633 bits per heavy atom. The molecule has 0 radical (unpaired) electrons. The Labute approximate surface area is 284 Å². The van der Waals surface area contributed by atoms with E-state index < -0.39 is 17.6 Å². The summed E-state index contributed by atoms with van der Waals surface area (Å²) in [7, 11) is 0. The number of aliphatic hydroxyl groups excluding tert-OH is 1. The van der Waals surface area contributed by atoms with Gasteiger partial charge in [-0.05, 0) is 72.5 Å². The zero-order chi connectivity index (χ0) is 33.8. The maximum absolute atomic E-state index is 13.8. The van der Waals surface area contributed by atoms with E-state index in [1.54, 1.807) is 29.2 Å². The minimum atomic E-state index is -0.948. The number of nitrogens with zero attached hydrogens (tertiary/aromatic N) is 1. The third kappa shape index (κ3) is 6.35. The van der Waals surface area contributed by atoms with Crippen molar-refractivity contribution in [1.82, 2.24) is 0 Å². The smallest absolute Gasteiger partial charge is 0.233 e. The molecule has 6 aromatic rings. The third-order valence-electron chi connectivity index (χ3n) is 9.36. The second-order valence-corrected chi connectivity index (χ2v) is 12.3. The number of hydrogen-bond acceptors (Lipinski definition) is 3. The molecule has 1 N–H and O–H groups in total. The van der Waals surface area contributed by atoms with Gasteiger partial charge >= 0.3 is 0 Å². The molecule has 0 aromatic heterocycles. The summed E-state index contributed by atoms with van der Waals surface area (Å²) < 4.78 is 34.4. The van der Waals surface area contributed by atoms with Gasteiger partial charge < -0.3 is 14.7 Å². The summed E-state index contributed by atoms with van der Waals surface area (Å²) in [6, 6.07) is 49.5. The topological polar surface area (TPSA) is 49.8 Å². The van der Waals surface area contributed by atoms with Crippen LogP contribution in [0.1, 0.15) is 52.8 Å². The van der Waals surface area contributed by atoms with Crippen LogP contribution in [0.5, 0.6) is 5.75 Å². The van der Waals surface area contributed by atoms with Gasteiger partial charge in [0.15, 0.2) is 5.60 Å². The van der Waals surface area contributed by atoms with Crippen molar-refractivity contribution in [2.24, 2.45) is 5.92 Å². The van der Waals surface area contributed by atoms with Crippen LogP contribution in [-0.2, 0) is 10.4 Å². The summed E-state index contributed by atoms with van der Waals surface area (Å²) in [6.07, 6.45) is -0.103. The molecule has 1 heterocycles. The Morgan fingerprint density at radius 3 is 1.59 bits per heavy atom. The van der Waals surface area contributed by atoms with E-state index in [2.05, 4.69) is 36.4 Å². The Balaban J connectivity index is 1.22. The first-order valence-corrected chi connectivity index (χ1v) is 16.4. The van der Waals surface area contributed by atoms with Gasteiger partial charge in [0.2, 0.25) is 5.91 Å². The molecular weight excluding hydrogens is 616 g/mol. The monoisotopic (exact) mass is 651 g/mol. The molecule has 4 nitrogen and oxygen atoms in total. The van der Waals surface area contributed by atoms with E-state index >= 15 is 0 Å². The van der Waals surface area contributed by atoms with Crippen LogP contribution >= 0.6 is 0 Å². The number of aliphatic hydroxyl groups is 1. The number of carbonyl (C=O) groups is 1. The summed E-state index contributed by atoms with van der Waals surface area (Å²) in [5.74, 6) is -0.625. The van der Waals surface area contributed by atoms with Crippen molar-refractivity contribution < 1.29 is 23.4 Å². The van der Waals surface area contributed by atoms with E-state index in [0.29, 0.717) is 29.8 Å². The molecule has 1 unspecified atom stereocenters. The van der Waals surface area contributed by atoms with Crippen LogP contribution in [0, 0.1) is 17.6 Å². The number of ether oxygens (including phenoxy) is 1. The molecule has 0 aliphatic carbocycles. The maximum Gasteiger partial charge on any atom is 0.233 e. The van der Waals surface area contributed by atoms with Gasteiger partial charge in [0.1, 0.15) is 17.4 Å². The number of carbonyl (C=O) groups excluding carboxylic acids is 1. The Morgan fingerprint density at radius 2 is 1.10 bits per heavy atom. The van der Waals surface area contributed by atoms with Gasteiger partial charge in [0, 0.05) is 22.4 Å². The van der Waals surface area contributed by atoms with Crippen LogP contribution in [-0.4, -0.2) is 11.0 Å². The van der Waals surface area contributed by atoms with Crippen LogP contribution in [0.4, 0.5) is 14.5 Å². The number of β-lactam (4-membered cyclic amide) rings is 1. The average molecular weight is 652 g/mol. The molecule has 1 fully saturated rings. The molecule has 1 aliphatic heterocycles. The zero-order valence-corrected chi connectivity index (χ0v) is 26.7. The van der Waals surface area contributed by atoms with Gasteiger partial charge in [-0.25, -0.2) is 8.78 Å². The number of halogens is 2. The highest BCUT2D eigenvalue weighted by atomic mass is 19.1. The SMILES string of the molecule is O=C1C(CC[C@H](O)c2ccc(F)cc2)[C@@H](c2ccc(OC(c3ccccc3)(c3ccccc3)c3ccccc3)cc2)N1c1ccc(F)cc1. The normalized spacial score (nSPS) is 16.6. The molecular formula is C43H35F2NO3. The molecule has 3 atom stereocenters. The van der Waals surface area contributed by atoms with Crippen molar-refractivity contribution in [2.45, 2.75) is 30.6 Å². The molecule has 1 amide bonds. The van der Waals surface area contributed by atoms with Crippen LogP contribution < -0.4 is 9.64 Å². The fourth-order valence-electron chi connectivity index (χ4n) is 6.90. The number of anilines is 1. The first-order chi connectivity index (χ1) is 23.9. The maximum atomic E-state index is 13.8. The van der Waals surface area contributed by atoms with Crippen molar-refractivity contribution in [3.8, 4) is 5.75 Å². The van der Waals surface area contributed by atoms with E-state index in [1.807, 2.05) is 78.9 Å². The van der Waals surface area contributed by atoms with Crippen molar-refractivity contribution in [2.75, 3.05) is 4.90 Å². The highest BCUT2D eigenvalue weighted by Gasteiger charge is 2.48. The minimum absolute atomic E-state index is 0.0977. The van der Waals surface area contributed by atoms with Crippen molar-refractivity contribution in [1.29, 1.82) is 0 Å². The summed E-state index contributed by atoms with van der Waals surface area (Å²) in [5.41, 5.74) is 4.07. The average Bonchev–Trinajstić information content (AvgIpc) is 3.15. The van der Waals surface area contributed by atoms with Crippen LogP contribution in [0.2, 0.25) is 0 Å². The zero-order valence-electron chi connectivity index (χ0n) is 26.7. The second-order valence-electron chi connectivity index (χ2n) is 12.3. The van der Waals surface area contributed by atoms with Crippen molar-refractivity contribution >= 4 is 11.6 Å². The lowest BCUT2D eigenvalue weighted by Crippen LogP contribution is -2.55. The molecule has 1 saturated heterocycles. The number of hydrogen-bond donors (Lipinski definition) is 1. The van der Waals surface area contributed by atoms with E-state index in [0.717, 1.165) is 22.3 Å². The largest absolute Gasteiger partial charge is 0.473 e. The van der Waals surface area contributed by atoms with Gasteiger partial charge in [-0.15, -0.1) is 0 Å². The predicted octanol–water partition coefficient (Wildman–Crippen LogP) is 9.55. The summed E-state index contributed by atoms with van der Waals surface area (Å²) >= 11 is 0. The van der Waals surface area contributed by atoms with Gasteiger partial charge in [-0.1, -0.05) is 115 Å². The van der Waals surface area contributed by atoms with Gasteiger partial charge in [0.05, 0.1) is 18.1 Å². The number of amides is 1. The lowest BCUT2D eigenvalue weighted by molar-refractivity contribution is -0.131. The molecule has 0 bridgehead atoms. The van der Waals surface area contributed by atoms with E-state index in [-0.39, 0.29) is 23.6 Å². The summed E-state index contributed by atoms with van der Waals surface area (Å²) in [5, 5.41) is 10.9. The Hall–Kier alpha value is -5.59.